The first kappa shape index (κ1) is 21.8. The predicted molar refractivity (Wildman–Crippen MR) is 131 cm³/mol. The molecule has 11 heteroatoms. The maximum Gasteiger partial charge on any atom is 0.420 e. The van der Waals surface area contributed by atoms with Gasteiger partial charge in [-0.2, -0.15) is 0 Å². The average molecular weight is 469 g/mol. The molecule has 0 spiro atoms. The van der Waals surface area contributed by atoms with Gasteiger partial charge < -0.3 is 3.96 Å². The first-order valence-electron chi connectivity index (χ1n) is 10.6. The van der Waals surface area contributed by atoms with Crippen LogP contribution in [0.25, 0.3) is 11.5 Å². The molecule has 0 amide bonds. The lowest BCUT2D eigenvalue weighted by atomic mass is 9.27. The molecular weight excluding hydrogens is 453 g/mol. The number of rotatable bonds is 6. The van der Waals surface area contributed by atoms with E-state index < -0.39 is 21.1 Å². The summed E-state index contributed by atoms with van der Waals surface area (Å²) in [5.41, 5.74) is 2.75. The topological polar surface area (TPSA) is 132 Å². The van der Waals surface area contributed by atoms with Gasteiger partial charge in [0.25, 0.3) is 17.1 Å². The Morgan fingerprint density at radius 3 is 1.46 bits per heavy atom. The van der Waals surface area contributed by atoms with Crippen molar-refractivity contribution in [2.75, 3.05) is 0 Å². The maximum absolute atomic E-state index is 11.3. The second-order valence-electron chi connectivity index (χ2n) is 8.16. The molecule has 0 saturated heterocycles. The molecular formula is C24H16BN3O7. The average Bonchev–Trinajstić information content (AvgIpc) is 3.45. The normalized spacial score (nSPS) is 13.7. The van der Waals surface area contributed by atoms with Crippen molar-refractivity contribution >= 4 is 45.9 Å². The van der Waals surface area contributed by atoms with E-state index in [1.165, 1.54) is 36.4 Å². The van der Waals surface area contributed by atoms with Crippen molar-refractivity contribution in [3.63, 3.8) is 0 Å². The zero-order chi connectivity index (χ0) is 24.7. The summed E-state index contributed by atoms with van der Waals surface area (Å²) in [5, 5.41) is 33.8. The summed E-state index contributed by atoms with van der Waals surface area (Å²) in [5.74, 6) is 0.787. The number of hydrogen-bond acceptors (Lipinski definition) is 6. The molecule has 0 bridgehead atoms. The Morgan fingerprint density at radius 2 is 1.03 bits per heavy atom. The van der Waals surface area contributed by atoms with Gasteiger partial charge in [0.1, 0.15) is 0 Å². The first-order valence-corrected chi connectivity index (χ1v) is 10.6. The third-order valence-electron chi connectivity index (χ3n) is 6.43. The van der Waals surface area contributed by atoms with Gasteiger partial charge >= 0.3 is 6.35 Å². The van der Waals surface area contributed by atoms with E-state index in [1.807, 2.05) is 24.5 Å². The summed E-state index contributed by atoms with van der Waals surface area (Å²) >= 11 is 0. The summed E-state index contributed by atoms with van der Waals surface area (Å²) in [6, 6.07) is 22.2. The number of nitro groups is 3. The number of hydrogen-bond donors (Lipinski definition) is 0. The number of nitro benzene ring substituents is 3. The smallest absolute Gasteiger partial charge is 0.420 e. The van der Waals surface area contributed by atoms with Crippen molar-refractivity contribution in [1.82, 2.24) is 0 Å². The molecule has 0 saturated carbocycles. The number of furan rings is 1. The molecule has 3 aromatic carbocycles. The molecule has 2 heterocycles. The molecule has 5 rings (SSSR count). The maximum atomic E-state index is 11.3. The summed E-state index contributed by atoms with van der Waals surface area (Å²) < 4.78 is 3.14. The van der Waals surface area contributed by atoms with Crippen molar-refractivity contribution in [2.45, 2.75) is 0 Å². The van der Waals surface area contributed by atoms with E-state index in [0.717, 1.165) is 11.2 Å². The lowest BCUT2D eigenvalue weighted by molar-refractivity contribution is -0.385. The van der Waals surface area contributed by atoms with Crippen LogP contribution < -0.4 is 10.9 Å². The minimum Gasteiger partial charge on any atom is -0.777 e. The van der Waals surface area contributed by atoms with Gasteiger partial charge in [-0.1, -0.05) is 58.4 Å². The van der Waals surface area contributed by atoms with Crippen LogP contribution in [0.4, 0.5) is 17.1 Å². The van der Waals surface area contributed by atoms with Crippen molar-refractivity contribution in [2.24, 2.45) is 0 Å². The van der Waals surface area contributed by atoms with Crippen molar-refractivity contribution in [3.8, 4) is 0 Å². The highest BCUT2D eigenvalue weighted by atomic mass is 16.6. The van der Waals surface area contributed by atoms with Crippen LogP contribution in [-0.2, 0) is 0 Å². The minimum absolute atomic E-state index is 0.0524. The summed E-state index contributed by atoms with van der Waals surface area (Å²) in [4.78, 5) is 32.3. The first-order chi connectivity index (χ1) is 16.8. The molecule has 10 nitrogen and oxygen atoms in total. The van der Waals surface area contributed by atoms with E-state index in [2.05, 4.69) is 3.96 Å². The molecule has 4 aromatic rings. The fraction of sp³-hybridized carbons (Fsp3) is 0. The highest BCUT2D eigenvalue weighted by Crippen LogP contribution is 2.42. The van der Waals surface area contributed by atoms with Gasteiger partial charge in [0.2, 0.25) is 0 Å². The second-order valence-corrected chi connectivity index (χ2v) is 8.16. The molecule has 35 heavy (non-hydrogen) atoms. The zero-order valence-corrected chi connectivity index (χ0v) is 18.0. The fourth-order valence-corrected chi connectivity index (χ4v) is 4.89. The van der Waals surface area contributed by atoms with Gasteiger partial charge in [0.05, 0.1) is 14.8 Å². The molecule has 172 valence electrons. The molecule has 0 unspecified atom stereocenters. The lowest BCUT2D eigenvalue weighted by Crippen LogP contribution is -2.59. The number of nitrogens with zero attached hydrogens (tertiary/aromatic N) is 3. The fourth-order valence-electron chi connectivity index (χ4n) is 4.89. The molecule has 0 fully saturated rings. The quantitative estimate of drug-likeness (QED) is 0.178. The third-order valence-corrected chi connectivity index (χ3v) is 6.43. The highest BCUT2D eigenvalue weighted by molar-refractivity contribution is 7.12. The van der Waals surface area contributed by atoms with Crippen molar-refractivity contribution in [3.05, 3.63) is 133 Å². The molecule has 1 aliphatic rings. The Morgan fingerprint density at radius 1 is 0.600 bits per heavy atom. The zero-order valence-electron chi connectivity index (χ0n) is 18.0. The van der Waals surface area contributed by atoms with Gasteiger partial charge in [0, 0.05) is 54.6 Å². The van der Waals surface area contributed by atoms with Crippen molar-refractivity contribution in [1.29, 1.82) is 0 Å². The number of fused-ring (bicyclic) bond motifs is 1. The molecule has 0 N–H and O–H groups in total. The Labute approximate surface area is 197 Å². The van der Waals surface area contributed by atoms with Crippen LogP contribution in [0.2, 0.25) is 0 Å². The highest BCUT2D eigenvalue weighted by Gasteiger charge is 2.49. The van der Waals surface area contributed by atoms with E-state index in [1.54, 1.807) is 36.4 Å². The Kier molecular flexibility index (Phi) is 5.02. The standard InChI is InChI=1S/C24H16BN3O7/c29-26(30)20-9-3-17(4-10-20)24-16-23-2-1-15-35(23)25(24,18-5-11-21(12-6-18)27(31)32)19-7-13-22(14-8-19)28(33)34/h1-16H. The van der Waals surface area contributed by atoms with Crippen LogP contribution in [0.3, 0.4) is 0 Å². The summed E-state index contributed by atoms with van der Waals surface area (Å²) in [7, 11) is 0. The predicted octanol–water partition coefficient (Wildman–Crippen LogP) is 4.39. The summed E-state index contributed by atoms with van der Waals surface area (Å²) in [6.07, 6.45) is 1.70. The van der Waals surface area contributed by atoms with Crippen LogP contribution in [-0.4, -0.2) is 21.1 Å². The number of benzene rings is 3. The van der Waals surface area contributed by atoms with E-state index in [9.17, 15) is 30.3 Å². The molecule has 0 atom stereocenters. The van der Waals surface area contributed by atoms with Crippen LogP contribution in [0.1, 0.15) is 11.3 Å². The largest absolute Gasteiger partial charge is 0.777 e. The Bertz CT molecular complexity index is 1450. The third kappa shape index (κ3) is 3.37. The molecule has 0 radical (unpaired) electrons. The van der Waals surface area contributed by atoms with E-state index in [4.69, 9.17) is 0 Å². The van der Waals surface area contributed by atoms with E-state index in [-0.39, 0.29) is 17.1 Å². The van der Waals surface area contributed by atoms with Gasteiger partial charge in [-0.25, -0.2) is 0 Å². The summed E-state index contributed by atoms with van der Waals surface area (Å²) in [6.45, 7) is 0. The van der Waals surface area contributed by atoms with Crippen LogP contribution in [0, 0.1) is 30.3 Å². The molecule has 0 aliphatic carbocycles. The Hall–Kier alpha value is -5.06. The minimum atomic E-state index is -2.05. The molecule has 1 aromatic heterocycles. The van der Waals surface area contributed by atoms with Crippen molar-refractivity contribution < 1.29 is 18.7 Å². The van der Waals surface area contributed by atoms with Crippen LogP contribution in [0.5, 0.6) is 0 Å². The monoisotopic (exact) mass is 469 g/mol. The van der Waals surface area contributed by atoms with E-state index >= 15 is 0 Å². The van der Waals surface area contributed by atoms with Gasteiger partial charge in [-0.3, -0.25) is 30.3 Å². The van der Waals surface area contributed by atoms with Gasteiger partial charge in [-0.15, -0.1) is 0 Å². The van der Waals surface area contributed by atoms with Gasteiger partial charge in [0.15, 0.2) is 12.0 Å². The van der Waals surface area contributed by atoms with E-state index in [0.29, 0.717) is 16.5 Å². The number of non-ortho nitro benzene ring substituents is 3. The molecule has 1 aliphatic heterocycles. The Balaban J connectivity index is 1.79. The second kappa shape index (κ2) is 8.06. The SMILES string of the molecule is O=[N+]([O-])c1ccc(C2=Cc3ccc[o+]3[B-]2(c2ccc([N+](=O)[O-])cc2)c2ccc([N+](=O)[O-])cc2)cc1. The lowest BCUT2D eigenvalue weighted by Gasteiger charge is -2.38. The van der Waals surface area contributed by atoms with Crippen LogP contribution >= 0.6 is 0 Å². The van der Waals surface area contributed by atoms with Crippen LogP contribution in [0.15, 0.2) is 95.2 Å². The van der Waals surface area contributed by atoms with Gasteiger partial charge in [-0.05, 0) is 0 Å².